The van der Waals surface area contributed by atoms with Crippen LogP contribution >= 0.6 is 0 Å². The molecule has 1 aliphatic heterocycles. The molecule has 1 N–H and O–H groups in total. The first kappa shape index (κ1) is 10.5. The molecule has 0 aliphatic carbocycles. The van der Waals surface area contributed by atoms with Crippen LogP contribution in [0.1, 0.15) is 11.1 Å². The number of aromatic amines is 1. The second-order valence-corrected chi connectivity index (χ2v) is 4.03. The number of nitriles is 1. The molecule has 3 rings (SSSR count). The Hall–Kier alpha value is -2.61. The summed E-state index contributed by atoms with van der Waals surface area (Å²) in [4.78, 5) is 11.1. The molecule has 1 aliphatic rings. The van der Waals surface area contributed by atoms with Crippen LogP contribution < -0.4 is 10.3 Å². The van der Waals surface area contributed by atoms with Crippen molar-refractivity contribution in [3.05, 3.63) is 45.7 Å². The van der Waals surface area contributed by atoms with Crippen LogP contribution in [-0.2, 0) is 6.42 Å². The number of nitrogens with one attached hydrogen (secondary N) is 1. The number of fused-ring (bicyclic) bond motifs is 1. The van der Waals surface area contributed by atoms with Gasteiger partial charge in [-0.3, -0.25) is 4.79 Å². The summed E-state index contributed by atoms with van der Waals surface area (Å²) in [7, 11) is 0. The van der Waals surface area contributed by atoms with Gasteiger partial charge in [0.15, 0.2) is 0 Å². The van der Waals surface area contributed by atoms with E-state index in [-0.39, 0.29) is 11.1 Å². The highest BCUT2D eigenvalue weighted by molar-refractivity contribution is 5.67. The van der Waals surface area contributed by atoms with Crippen LogP contribution in [0.2, 0.25) is 0 Å². The molecule has 0 saturated carbocycles. The molecule has 1 aromatic carbocycles. The maximum Gasteiger partial charge on any atom is 0.265 e. The molecular formula is C13H9N3O2. The maximum absolute atomic E-state index is 11.1. The van der Waals surface area contributed by atoms with E-state index in [1.165, 1.54) is 6.07 Å². The number of ether oxygens (including phenoxy) is 1. The zero-order valence-corrected chi connectivity index (χ0v) is 9.43. The highest BCUT2D eigenvalue weighted by Crippen LogP contribution is 2.30. The summed E-state index contributed by atoms with van der Waals surface area (Å²) in [6.45, 7) is 0.683. The molecule has 0 bridgehead atoms. The third-order valence-corrected chi connectivity index (χ3v) is 2.89. The van der Waals surface area contributed by atoms with Crippen molar-refractivity contribution in [3.63, 3.8) is 0 Å². The Morgan fingerprint density at radius 1 is 1.39 bits per heavy atom. The minimum absolute atomic E-state index is 0.276. The van der Waals surface area contributed by atoms with Crippen molar-refractivity contribution >= 4 is 0 Å². The third-order valence-electron chi connectivity index (χ3n) is 2.89. The molecule has 2 heterocycles. The van der Waals surface area contributed by atoms with Crippen LogP contribution in [0.4, 0.5) is 0 Å². The predicted octanol–water partition coefficient (Wildman–Crippen LogP) is 1.24. The fourth-order valence-electron chi connectivity index (χ4n) is 2.04. The Balaban J connectivity index is 2.16. The topological polar surface area (TPSA) is 78.8 Å². The van der Waals surface area contributed by atoms with Crippen molar-refractivity contribution in [2.45, 2.75) is 6.42 Å². The van der Waals surface area contributed by atoms with Crippen LogP contribution in [0.5, 0.6) is 5.75 Å². The first-order valence-corrected chi connectivity index (χ1v) is 5.54. The standard InChI is InChI=1S/C13H9N3O2/c14-7-10-6-12(17)15-16-13(10)9-1-2-11-8(5-9)3-4-18-11/h1-2,5-6H,3-4H2,(H,15,17). The number of nitrogens with zero attached hydrogens (tertiary/aromatic N) is 2. The largest absolute Gasteiger partial charge is 0.493 e. The van der Waals surface area contributed by atoms with E-state index >= 15 is 0 Å². The van der Waals surface area contributed by atoms with Gasteiger partial charge < -0.3 is 4.74 Å². The molecule has 0 fully saturated rings. The summed E-state index contributed by atoms with van der Waals surface area (Å²) < 4.78 is 5.42. The fourth-order valence-corrected chi connectivity index (χ4v) is 2.04. The molecule has 1 aromatic heterocycles. The molecule has 2 aromatic rings. The number of hydrogen-bond donors (Lipinski definition) is 1. The number of benzene rings is 1. The first-order valence-electron chi connectivity index (χ1n) is 5.54. The molecule has 0 spiro atoms. The molecule has 0 radical (unpaired) electrons. The minimum atomic E-state index is -0.375. The van der Waals surface area contributed by atoms with Crippen LogP contribution in [-0.4, -0.2) is 16.8 Å². The zero-order chi connectivity index (χ0) is 12.5. The Labute approximate surface area is 103 Å². The second-order valence-electron chi connectivity index (χ2n) is 4.03. The van der Waals surface area contributed by atoms with Crippen molar-refractivity contribution in [1.29, 1.82) is 5.26 Å². The second kappa shape index (κ2) is 4.00. The van der Waals surface area contributed by atoms with Gasteiger partial charge in [0.25, 0.3) is 5.56 Å². The molecule has 0 amide bonds. The maximum atomic E-state index is 11.1. The van der Waals surface area contributed by atoms with E-state index in [0.717, 1.165) is 23.3 Å². The fraction of sp³-hybridized carbons (Fsp3) is 0.154. The van der Waals surface area contributed by atoms with E-state index in [9.17, 15) is 4.79 Å². The molecule has 0 atom stereocenters. The van der Waals surface area contributed by atoms with Gasteiger partial charge in [0.05, 0.1) is 12.2 Å². The van der Waals surface area contributed by atoms with Crippen LogP contribution in [0.15, 0.2) is 29.1 Å². The Morgan fingerprint density at radius 2 is 2.28 bits per heavy atom. The Kier molecular flexibility index (Phi) is 2.34. The van der Waals surface area contributed by atoms with E-state index in [4.69, 9.17) is 10.00 Å². The van der Waals surface area contributed by atoms with Gasteiger partial charge in [-0.15, -0.1) is 0 Å². The number of hydrogen-bond acceptors (Lipinski definition) is 4. The summed E-state index contributed by atoms with van der Waals surface area (Å²) in [5, 5.41) is 15.3. The monoisotopic (exact) mass is 239 g/mol. The molecule has 88 valence electrons. The van der Waals surface area contributed by atoms with Crippen molar-refractivity contribution in [2.24, 2.45) is 0 Å². The van der Waals surface area contributed by atoms with Gasteiger partial charge >= 0.3 is 0 Å². The molecule has 0 unspecified atom stereocenters. The summed E-state index contributed by atoms with van der Waals surface area (Å²) in [5.41, 5.74) is 2.31. The van der Waals surface area contributed by atoms with Gasteiger partial charge in [-0.1, -0.05) is 0 Å². The lowest BCUT2D eigenvalue weighted by molar-refractivity contribution is 0.357. The lowest BCUT2D eigenvalue weighted by Gasteiger charge is -2.04. The summed E-state index contributed by atoms with van der Waals surface area (Å²) in [6.07, 6.45) is 0.856. The molecule has 5 heteroatoms. The first-order chi connectivity index (χ1) is 8.78. The van der Waals surface area contributed by atoms with Gasteiger partial charge in [0.1, 0.15) is 17.5 Å². The quantitative estimate of drug-likeness (QED) is 0.812. The van der Waals surface area contributed by atoms with Gasteiger partial charge in [-0.05, 0) is 23.8 Å². The van der Waals surface area contributed by atoms with Crippen molar-refractivity contribution < 1.29 is 4.74 Å². The van der Waals surface area contributed by atoms with Crippen molar-refractivity contribution in [2.75, 3.05) is 6.61 Å². The van der Waals surface area contributed by atoms with E-state index in [1.807, 2.05) is 24.3 Å². The van der Waals surface area contributed by atoms with Gasteiger partial charge in [-0.2, -0.15) is 10.4 Å². The highest BCUT2D eigenvalue weighted by Gasteiger charge is 2.15. The number of rotatable bonds is 1. The molecular weight excluding hydrogens is 230 g/mol. The van der Waals surface area contributed by atoms with Crippen LogP contribution in [0.25, 0.3) is 11.3 Å². The van der Waals surface area contributed by atoms with Crippen molar-refractivity contribution in [1.82, 2.24) is 10.2 Å². The molecule has 0 saturated heterocycles. The third kappa shape index (κ3) is 1.64. The van der Waals surface area contributed by atoms with Crippen LogP contribution in [0.3, 0.4) is 0 Å². The summed E-state index contributed by atoms with van der Waals surface area (Å²) in [5.74, 6) is 0.877. The Bertz CT molecular complexity index is 713. The smallest absolute Gasteiger partial charge is 0.265 e. The average Bonchev–Trinajstić information content (AvgIpc) is 2.85. The number of H-pyrrole nitrogens is 1. The van der Waals surface area contributed by atoms with E-state index in [0.29, 0.717) is 12.3 Å². The Morgan fingerprint density at radius 3 is 3.11 bits per heavy atom. The van der Waals surface area contributed by atoms with E-state index in [2.05, 4.69) is 10.2 Å². The summed E-state index contributed by atoms with van der Waals surface area (Å²) in [6, 6.07) is 8.90. The van der Waals surface area contributed by atoms with Gasteiger partial charge in [0.2, 0.25) is 0 Å². The normalized spacial score (nSPS) is 12.6. The van der Waals surface area contributed by atoms with Gasteiger partial charge in [0, 0.05) is 18.1 Å². The van der Waals surface area contributed by atoms with Crippen molar-refractivity contribution in [3.8, 4) is 23.1 Å². The molecule has 5 nitrogen and oxygen atoms in total. The minimum Gasteiger partial charge on any atom is -0.493 e. The SMILES string of the molecule is N#Cc1cc(=O)[nH]nc1-c1ccc2c(c1)CCO2. The van der Waals surface area contributed by atoms with E-state index < -0.39 is 0 Å². The lowest BCUT2D eigenvalue weighted by Crippen LogP contribution is -2.08. The lowest BCUT2D eigenvalue weighted by atomic mass is 10.0. The van der Waals surface area contributed by atoms with Crippen LogP contribution in [0, 0.1) is 11.3 Å². The zero-order valence-electron chi connectivity index (χ0n) is 9.43. The average molecular weight is 239 g/mol. The summed E-state index contributed by atoms with van der Waals surface area (Å²) >= 11 is 0. The van der Waals surface area contributed by atoms with Gasteiger partial charge in [-0.25, -0.2) is 5.10 Å². The number of aromatic nitrogens is 2. The van der Waals surface area contributed by atoms with E-state index in [1.54, 1.807) is 0 Å². The molecule has 18 heavy (non-hydrogen) atoms. The predicted molar refractivity (Wildman–Crippen MR) is 64.2 cm³/mol. The highest BCUT2D eigenvalue weighted by atomic mass is 16.5.